The highest BCUT2D eigenvalue weighted by Gasteiger charge is 2.25. The maximum Gasteiger partial charge on any atom is 0.256 e. The molecule has 0 atom stereocenters. The van der Waals surface area contributed by atoms with Crippen molar-refractivity contribution in [2.45, 2.75) is 6.42 Å². The predicted molar refractivity (Wildman–Crippen MR) is 77.6 cm³/mol. The summed E-state index contributed by atoms with van der Waals surface area (Å²) in [5.41, 5.74) is 5.35. The van der Waals surface area contributed by atoms with E-state index in [1.165, 1.54) is 12.1 Å². The Hall–Kier alpha value is -1.66. The van der Waals surface area contributed by atoms with Crippen molar-refractivity contribution in [3.63, 3.8) is 0 Å². The predicted octanol–water partition coefficient (Wildman–Crippen LogP) is 1.11. The number of piperazine rings is 1. The average molecular weight is 314 g/mol. The number of hydrogen-bond donors (Lipinski definition) is 1. The van der Waals surface area contributed by atoms with Crippen molar-refractivity contribution >= 4 is 23.4 Å². The van der Waals surface area contributed by atoms with Gasteiger partial charge in [-0.05, 0) is 18.2 Å². The van der Waals surface area contributed by atoms with E-state index in [1.54, 1.807) is 9.80 Å². The van der Waals surface area contributed by atoms with Gasteiger partial charge in [-0.1, -0.05) is 11.6 Å². The standard InChI is InChI=1S/C14H17ClFN3O2/c15-10-1-2-11(12(16)9-10)14(21)19-7-5-18(6-8-19)13(20)3-4-17/h1-2,9H,3-8,17H2. The Balaban J connectivity index is 1.98. The van der Waals surface area contributed by atoms with E-state index in [2.05, 4.69) is 0 Å². The summed E-state index contributed by atoms with van der Waals surface area (Å²) in [4.78, 5) is 27.2. The minimum atomic E-state index is -0.630. The van der Waals surface area contributed by atoms with Crippen LogP contribution in [0.3, 0.4) is 0 Å². The average Bonchev–Trinajstić information content (AvgIpc) is 2.47. The normalized spacial score (nSPS) is 15.2. The topological polar surface area (TPSA) is 66.6 Å². The number of rotatable bonds is 3. The Labute approximate surface area is 127 Å². The zero-order valence-electron chi connectivity index (χ0n) is 11.5. The number of benzene rings is 1. The quantitative estimate of drug-likeness (QED) is 0.909. The van der Waals surface area contributed by atoms with Crippen molar-refractivity contribution in [2.24, 2.45) is 5.73 Å². The van der Waals surface area contributed by atoms with Gasteiger partial charge in [0, 0.05) is 44.2 Å². The number of amides is 2. The lowest BCUT2D eigenvalue weighted by Crippen LogP contribution is -2.51. The maximum absolute atomic E-state index is 13.8. The van der Waals surface area contributed by atoms with Crippen LogP contribution >= 0.6 is 11.6 Å². The van der Waals surface area contributed by atoms with Crippen LogP contribution in [-0.2, 0) is 4.79 Å². The first-order valence-electron chi connectivity index (χ1n) is 6.75. The third kappa shape index (κ3) is 3.71. The monoisotopic (exact) mass is 313 g/mol. The van der Waals surface area contributed by atoms with Gasteiger partial charge < -0.3 is 15.5 Å². The Bertz CT molecular complexity index is 545. The van der Waals surface area contributed by atoms with E-state index < -0.39 is 5.82 Å². The minimum Gasteiger partial charge on any atom is -0.339 e. The smallest absolute Gasteiger partial charge is 0.256 e. The number of nitrogens with two attached hydrogens (primary N) is 1. The molecule has 1 aromatic carbocycles. The molecule has 1 aliphatic rings. The zero-order valence-corrected chi connectivity index (χ0v) is 12.3. The van der Waals surface area contributed by atoms with Crippen LogP contribution in [0.15, 0.2) is 18.2 Å². The molecule has 0 aliphatic carbocycles. The van der Waals surface area contributed by atoms with Crippen LogP contribution in [-0.4, -0.2) is 54.3 Å². The van der Waals surface area contributed by atoms with Crippen molar-refractivity contribution in [3.8, 4) is 0 Å². The van der Waals surface area contributed by atoms with Gasteiger partial charge in [-0.2, -0.15) is 0 Å². The maximum atomic E-state index is 13.8. The summed E-state index contributed by atoms with van der Waals surface area (Å²) in [7, 11) is 0. The Morgan fingerprint density at radius 2 is 1.81 bits per heavy atom. The summed E-state index contributed by atoms with van der Waals surface area (Å²) >= 11 is 5.67. The molecule has 21 heavy (non-hydrogen) atoms. The van der Waals surface area contributed by atoms with Crippen molar-refractivity contribution in [2.75, 3.05) is 32.7 Å². The van der Waals surface area contributed by atoms with E-state index in [-0.39, 0.29) is 22.4 Å². The fourth-order valence-corrected chi connectivity index (χ4v) is 2.43. The third-order valence-corrected chi connectivity index (χ3v) is 3.67. The molecule has 0 aromatic heterocycles. The minimum absolute atomic E-state index is 0.00105. The number of carbonyl (C=O) groups is 2. The highest BCUT2D eigenvalue weighted by molar-refractivity contribution is 6.30. The van der Waals surface area contributed by atoms with Crippen molar-refractivity contribution in [1.82, 2.24) is 9.80 Å². The molecule has 0 spiro atoms. The summed E-state index contributed by atoms with van der Waals surface area (Å²) in [6.45, 7) is 1.97. The SMILES string of the molecule is NCCC(=O)N1CCN(C(=O)c2ccc(Cl)cc2F)CC1. The van der Waals surface area contributed by atoms with Gasteiger partial charge in [0.25, 0.3) is 5.91 Å². The number of carbonyl (C=O) groups excluding carboxylic acids is 2. The molecular formula is C14H17ClFN3O2. The Kier molecular flexibility index (Phi) is 5.14. The largest absolute Gasteiger partial charge is 0.339 e. The van der Waals surface area contributed by atoms with E-state index in [9.17, 15) is 14.0 Å². The first-order valence-corrected chi connectivity index (χ1v) is 7.13. The molecule has 2 rings (SSSR count). The molecule has 1 aliphatic heterocycles. The fourth-order valence-electron chi connectivity index (χ4n) is 2.27. The summed E-state index contributed by atoms with van der Waals surface area (Å²) in [6.07, 6.45) is 0.305. The van der Waals surface area contributed by atoms with Crippen molar-refractivity contribution < 1.29 is 14.0 Å². The molecule has 0 unspecified atom stereocenters. The first kappa shape index (κ1) is 15.7. The molecule has 1 fully saturated rings. The molecule has 1 saturated heterocycles. The van der Waals surface area contributed by atoms with Gasteiger partial charge in [-0.3, -0.25) is 9.59 Å². The third-order valence-electron chi connectivity index (χ3n) is 3.44. The lowest BCUT2D eigenvalue weighted by Gasteiger charge is -2.34. The summed E-state index contributed by atoms with van der Waals surface area (Å²) in [6, 6.07) is 3.99. The molecule has 0 bridgehead atoms. The number of nitrogens with zero attached hydrogens (tertiary/aromatic N) is 2. The second kappa shape index (κ2) is 6.87. The van der Waals surface area contributed by atoms with Crippen LogP contribution in [0.2, 0.25) is 5.02 Å². The van der Waals surface area contributed by atoms with E-state index in [0.717, 1.165) is 6.07 Å². The number of hydrogen-bond acceptors (Lipinski definition) is 3. The zero-order chi connectivity index (χ0) is 15.4. The van der Waals surface area contributed by atoms with Crippen LogP contribution in [0, 0.1) is 5.82 Å². The van der Waals surface area contributed by atoms with Crippen LogP contribution in [0.1, 0.15) is 16.8 Å². The first-order chi connectivity index (χ1) is 10.0. The molecule has 0 radical (unpaired) electrons. The van der Waals surface area contributed by atoms with E-state index in [1.807, 2.05) is 0 Å². The van der Waals surface area contributed by atoms with Gasteiger partial charge in [-0.15, -0.1) is 0 Å². The molecule has 5 nitrogen and oxygen atoms in total. The van der Waals surface area contributed by atoms with Gasteiger partial charge in [0.2, 0.25) is 5.91 Å². The highest BCUT2D eigenvalue weighted by Crippen LogP contribution is 2.17. The van der Waals surface area contributed by atoms with Crippen LogP contribution in [0.4, 0.5) is 4.39 Å². The van der Waals surface area contributed by atoms with E-state index >= 15 is 0 Å². The van der Waals surface area contributed by atoms with Gasteiger partial charge >= 0.3 is 0 Å². The number of halogens is 2. The summed E-state index contributed by atoms with van der Waals surface area (Å²) in [5.74, 6) is -1.02. The van der Waals surface area contributed by atoms with Crippen molar-refractivity contribution in [3.05, 3.63) is 34.6 Å². The lowest BCUT2D eigenvalue weighted by atomic mass is 10.1. The molecule has 0 saturated carbocycles. The molecular weight excluding hydrogens is 297 g/mol. The van der Waals surface area contributed by atoms with Gasteiger partial charge in [0.1, 0.15) is 5.82 Å². The van der Waals surface area contributed by atoms with Crippen LogP contribution in [0.25, 0.3) is 0 Å². The van der Waals surface area contributed by atoms with Crippen LogP contribution < -0.4 is 5.73 Å². The highest BCUT2D eigenvalue weighted by atomic mass is 35.5. The second-order valence-electron chi connectivity index (χ2n) is 4.84. The van der Waals surface area contributed by atoms with Crippen LogP contribution in [0.5, 0.6) is 0 Å². The lowest BCUT2D eigenvalue weighted by molar-refractivity contribution is -0.132. The van der Waals surface area contributed by atoms with Gasteiger partial charge in [0.05, 0.1) is 5.56 Å². The van der Waals surface area contributed by atoms with E-state index in [4.69, 9.17) is 17.3 Å². The van der Waals surface area contributed by atoms with Gasteiger partial charge in [-0.25, -0.2) is 4.39 Å². The summed E-state index contributed by atoms with van der Waals surface area (Å²) < 4.78 is 13.8. The Morgan fingerprint density at radius 3 is 2.38 bits per heavy atom. The molecule has 114 valence electrons. The second-order valence-corrected chi connectivity index (χ2v) is 5.27. The Morgan fingerprint density at radius 1 is 1.19 bits per heavy atom. The molecule has 1 heterocycles. The van der Waals surface area contributed by atoms with Crippen molar-refractivity contribution in [1.29, 1.82) is 0 Å². The molecule has 7 heteroatoms. The summed E-state index contributed by atoms with van der Waals surface area (Å²) in [5, 5.41) is 0.251. The molecule has 1 aromatic rings. The molecule has 2 N–H and O–H groups in total. The van der Waals surface area contributed by atoms with E-state index in [0.29, 0.717) is 39.1 Å². The fraction of sp³-hybridized carbons (Fsp3) is 0.429. The van der Waals surface area contributed by atoms with Gasteiger partial charge in [0.15, 0.2) is 0 Å². The molecule has 2 amide bonds.